The van der Waals surface area contributed by atoms with Crippen LogP contribution in [0.3, 0.4) is 0 Å². The van der Waals surface area contributed by atoms with Crippen LogP contribution >= 0.6 is 0 Å². The number of likely N-dealkylation sites (tertiary alicyclic amines) is 1. The van der Waals surface area contributed by atoms with E-state index in [1.165, 1.54) is 57.9 Å². The second-order valence-electron chi connectivity index (χ2n) is 6.77. The van der Waals surface area contributed by atoms with Gasteiger partial charge in [-0.15, -0.1) is 0 Å². The number of hydrogen-bond acceptors (Lipinski definition) is 3. The van der Waals surface area contributed by atoms with Gasteiger partial charge in [0.2, 0.25) is 0 Å². The molecule has 3 heteroatoms. The van der Waals surface area contributed by atoms with E-state index in [2.05, 4.69) is 18.7 Å². The minimum absolute atomic E-state index is 0.193. The molecule has 1 rings (SSSR count). The Bertz CT molecular complexity index is 245. The fourth-order valence-electron chi connectivity index (χ4n) is 3.43. The summed E-state index contributed by atoms with van der Waals surface area (Å²) >= 11 is 0. The van der Waals surface area contributed by atoms with Crippen molar-refractivity contribution in [3.05, 3.63) is 0 Å². The van der Waals surface area contributed by atoms with E-state index in [9.17, 15) is 0 Å². The molecule has 0 amide bonds. The summed E-state index contributed by atoms with van der Waals surface area (Å²) < 4.78 is 5.34. The zero-order chi connectivity index (χ0) is 14.8. The van der Waals surface area contributed by atoms with Crippen molar-refractivity contribution in [3.63, 3.8) is 0 Å². The monoisotopic (exact) mass is 284 g/mol. The molecule has 2 atom stereocenters. The molecule has 1 fully saturated rings. The number of ether oxygens (including phenoxy) is 1. The van der Waals surface area contributed by atoms with Crippen LogP contribution in [0.2, 0.25) is 0 Å². The van der Waals surface area contributed by atoms with E-state index >= 15 is 0 Å². The van der Waals surface area contributed by atoms with E-state index in [-0.39, 0.29) is 5.54 Å². The second-order valence-corrected chi connectivity index (χ2v) is 6.77. The number of unbranched alkanes of at least 4 members (excludes halogenated alkanes) is 4. The third-order valence-electron chi connectivity index (χ3n) is 4.94. The van der Waals surface area contributed by atoms with Crippen molar-refractivity contribution in [2.75, 3.05) is 33.4 Å². The first-order chi connectivity index (χ1) is 9.66. The molecule has 0 aliphatic carbocycles. The Balaban J connectivity index is 2.41. The lowest BCUT2D eigenvalue weighted by Crippen LogP contribution is -2.55. The van der Waals surface area contributed by atoms with Gasteiger partial charge in [0.15, 0.2) is 0 Å². The molecule has 0 radical (unpaired) electrons. The molecule has 0 aromatic carbocycles. The van der Waals surface area contributed by atoms with E-state index in [4.69, 9.17) is 10.5 Å². The van der Waals surface area contributed by atoms with Crippen molar-refractivity contribution in [3.8, 4) is 0 Å². The largest absolute Gasteiger partial charge is 0.384 e. The molecule has 2 N–H and O–H groups in total. The van der Waals surface area contributed by atoms with Crippen LogP contribution in [0.1, 0.15) is 65.2 Å². The van der Waals surface area contributed by atoms with Gasteiger partial charge < -0.3 is 10.5 Å². The lowest BCUT2D eigenvalue weighted by atomic mass is 9.87. The highest BCUT2D eigenvalue weighted by molar-refractivity contribution is 4.90. The third kappa shape index (κ3) is 5.71. The molecule has 1 aliphatic heterocycles. The van der Waals surface area contributed by atoms with Gasteiger partial charge in [0.25, 0.3) is 0 Å². The predicted molar refractivity (Wildman–Crippen MR) is 87.0 cm³/mol. The van der Waals surface area contributed by atoms with Crippen molar-refractivity contribution < 1.29 is 4.74 Å². The van der Waals surface area contributed by atoms with E-state index in [1.807, 2.05) is 7.11 Å². The molecule has 20 heavy (non-hydrogen) atoms. The summed E-state index contributed by atoms with van der Waals surface area (Å²) in [5.41, 5.74) is 6.32. The highest BCUT2D eigenvalue weighted by atomic mass is 16.5. The molecule has 0 bridgehead atoms. The molecular weight excluding hydrogens is 248 g/mol. The number of nitrogens with zero attached hydrogens (tertiary/aromatic N) is 1. The van der Waals surface area contributed by atoms with Crippen molar-refractivity contribution in [2.24, 2.45) is 11.7 Å². The van der Waals surface area contributed by atoms with Gasteiger partial charge in [-0.25, -0.2) is 0 Å². The summed E-state index contributed by atoms with van der Waals surface area (Å²) in [6, 6.07) is 0. The number of piperidine rings is 1. The molecule has 2 unspecified atom stereocenters. The summed E-state index contributed by atoms with van der Waals surface area (Å²) in [7, 11) is 1.81. The van der Waals surface area contributed by atoms with Gasteiger partial charge >= 0.3 is 0 Å². The minimum Gasteiger partial charge on any atom is -0.384 e. The van der Waals surface area contributed by atoms with E-state index in [1.54, 1.807) is 0 Å². The maximum atomic E-state index is 6.13. The smallest absolute Gasteiger partial charge is 0.0502 e. The molecule has 0 spiro atoms. The van der Waals surface area contributed by atoms with Crippen molar-refractivity contribution >= 4 is 0 Å². The SMILES string of the molecule is CCCCCCCC(C)(CN)N1CCCC(COC)C1. The molecule has 3 nitrogen and oxygen atoms in total. The highest BCUT2D eigenvalue weighted by Gasteiger charge is 2.33. The fourth-order valence-corrected chi connectivity index (χ4v) is 3.43. The van der Waals surface area contributed by atoms with Crippen LogP contribution in [0.4, 0.5) is 0 Å². The Hall–Kier alpha value is -0.120. The predicted octanol–water partition coefficient (Wildman–Crippen LogP) is 3.42. The first-order valence-corrected chi connectivity index (χ1v) is 8.60. The topological polar surface area (TPSA) is 38.5 Å². The highest BCUT2D eigenvalue weighted by Crippen LogP contribution is 2.28. The Morgan fingerprint density at radius 2 is 2.00 bits per heavy atom. The van der Waals surface area contributed by atoms with Crippen LogP contribution in [0, 0.1) is 5.92 Å². The van der Waals surface area contributed by atoms with Gasteiger partial charge in [-0.1, -0.05) is 39.0 Å². The van der Waals surface area contributed by atoms with Crippen LogP contribution < -0.4 is 5.73 Å². The average Bonchev–Trinajstić information content (AvgIpc) is 2.47. The molecule has 0 aromatic heterocycles. The third-order valence-corrected chi connectivity index (χ3v) is 4.94. The lowest BCUT2D eigenvalue weighted by Gasteiger charge is -2.45. The summed E-state index contributed by atoms with van der Waals surface area (Å²) in [5.74, 6) is 0.694. The van der Waals surface area contributed by atoms with Crippen molar-refractivity contribution in [1.82, 2.24) is 4.90 Å². The summed E-state index contributed by atoms with van der Waals surface area (Å²) in [6.45, 7) is 8.68. The summed E-state index contributed by atoms with van der Waals surface area (Å²) in [5, 5.41) is 0. The molecule has 120 valence electrons. The van der Waals surface area contributed by atoms with Gasteiger partial charge in [-0.2, -0.15) is 0 Å². The van der Waals surface area contributed by atoms with Gasteiger partial charge in [-0.3, -0.25) is 4.90 Å². The Morgan fingerprint density at radius 3 is 2.65 bits per heavy atom. The molecule has 1 heterocycles. The average molecular weight is 284 g/mol. The molecular formula is C17H36N2O. The van der Waals surface area contributed by atoms with Crippen LogP contribution in [-0.4, -0.2) is 43.8 Å². The van der Waals surface area contributed by atoms with Gasteiger partial charge in [0, 0.05) is 25.7 Å². The van der Waals surface area contributed by atoms with E-state index in [0.717, 1.165) is 19.7 Å². The maximum absolute atomic E-state index is 6.13. The number of hydrogen-bond donors (Lipinski definition) is 1. The Kier molecular flexibility index (Phi) is 8.74. The van der Waals surface area contributed by atoms with Crippen molar-refractivity contribution in [2.45, 2.75) is 70.8 Å². The number of methoxy groups -OCH3 is 1. The van der Waals surface area contributed by atoms with Gasteiger partial charge in [0.05, 0.1) is 6.61 Å². The Labute approximate surface area is 126 Å². The fraction of sp³-hybridized carbons (Fsp3) is 1.00. The van der Waals surface area contributed by atoms with Gasteiger partial charge in [-0.05, 0) is 38.6 Å². The van der Waals surface area contributed by atoms with Crippen molar-refractivity contribution in [1.29, 1.82) is 0 Å². The quantitative estimate of drug-likeness (QED) is 0.625. The van der Waals surface area contributed by atoms with Crippen LogP contribution in [0.25, 0.3) is 0 Å². The van der Waals surface area contributed by atoms with Crippen LogP contribution in [0.5, 0.6) is 0 Å². The molecule has 0 aromatic rings. The molecule has 1 aliphatic rings. The zero-order valence-electron chi connectivity index (χ0n) is 14.0. The lowest BCUT2D eigenvalue weighted by molar-refractivity contribution is 0.0254. The molecule has 0 saturated carbocycles. The minimum atomic E-state index is 0.193. The number of rotatable bonds is 10. The second kappa shape index (κ2) is 9.75. The van der Waals surface area contributed by atoms with E-state index < -0.39 is 0 Å². The first-order valence-electron chi connectivity index (χ1n) is 8.60. The van der Waals surface area contributed by atoms with E-state index in [0.29, 0.717) is 5.92 Å². The first kappa shape index (κ1) is 17.9. The summed E-state index contributed by atoms with van der Waals surface area (Å²) in [4.78, 5) is 2.64. The standard InChI is InChI=1S/C17H36N2O/c1-4-5-6-7-8-11-17(2,15-18)19-12-9-10-16(13-19)14-20-3/h16H,4-15,18H2,1-3H3. The van der Waals surface area contributed by atoms with Gasteiger partial charge in [0.1, 0.15) is 0 Å². The van der Waals surface area contributed by atoms with Crippen LogP contribution in [-0.2, 0) is 4.74 Å². The summed E-state index contributed by atoms with van der Waals surface area (Å²) in [6.07, 6.45) is 10.6. The maximum Gasteiger partial charge on any atom is 0.0502 e. The Morgan fingerprint density at radius 1 is 1.25 bits per heavy atom. The van der Waals surface area contributed by atoms with Crippen LogP contribution in [0.15, 0.2) is 0 Å². The number of nitrogens with two attached hydrogens (primary N) is 1. The molecule has 1 saturated heterocycles. The normalized spacial score (nSPS) is 23.7. The zero-order valence-corrected chi connectivity index (χ0v) is 14.0.